The molecule has 0 unspecified atom stereocenters. The maximum atomic E-state index is 12.3. The van der Waals surface area contributed by atoms with Gasteiger partial charge in [-0.3, -0.25) is 14.8 Å². The standard InChI is InChI=1S/C22H21N3O3/c1-15(2)20(22(27)25-28)24-21(26)18-11-7-16(8-12-18)5-3-4-6-17-9-13-19(23)14-10-17/h7-15,20,28H,23H2,1-2H3,(H,24,26)(H,25,27)/t20-/m0/s1. The monoisotopic (exact) mass is 375 g/mol. The first-order chi connectivity index (χ1) is 13.4. The highest BCUT2D eigenvalue weighted by Crippen LogP contribution is 2.07. The lowest BCUT2D eigenvalue weighted by molar-refractivity contribution is -0.132. The van der Waals surface area contributed by atoms with Crippen molar-refractivity contribution in [3.8, 4) is 23.7 Å². The van der Waals surface area contributed by atoms with Crippen LogP contribution in [0.1, 0.15) is 35.3 Å². The summed E-state index contributed by atoms with van der Waals surface area (Å²) in [6.07, 6.45) is 0. The molecule has 2 aromatic carbocycles. The van der Waals surface area contributed by atoms with E-state index in [-0.39, 0.29) is 5.92 Å². The Morgan fingerprint density at radius 1 is 0.929 bits per heavy atom. The van der Waals surface area contributed by atoms with E-state index >= 15 is 0 Å². The molecular weight excluding hydrogens is 354 g/mol. The van der Waals surface area contributed by atoms with Crippen LogP contribution in [0.5, 0.6) is 0 Å². The molecular formula is C22H21N3O3. The summed E-state index contributed by atoms with van der Waals surface area (Å²) in [5, 5.41) is 11.4. The average molecular weight is 375 g/mol. The highest BCUT2D eigenvalue weighted by Gasteiger charge is 2.24. The zero-order valence-electron chi connectivity index (χ0n) is 15.6. The zero-order chi connectivity index (χ0) is 20.5. The molecule has 5 N–H and O–H groups in total. The minimum absolute atomic E-state index is 0.180. The number of nitrogens with two attached hydrogens (primary N) is 1. The van der Waals surface area contributed by atoms with Crippen LogP contribution < -0.4 is 16.5 Å². The number of nitrogen functional groups attached to an aromatic ring is 1. The minimum Gasteiger partial charge on any atom is -0.399 e. The Balaban J connectivity index is 2.03. The Morgan fingerprint density at radius 3 is 1.89 bits per heavy atom. The van der Waals surface area contributed by atoms with Gasteiger partial charge in [-0.1, -0.05) is 25.7 Å². The van der Waals surface area contributed by atoms with E-state index in [4.69, 9.17) is 10.9 Å². The molecule has 0 radical (unpaired) electrons. The molecule has 0 aromatic heterocycles. The first kappa shape index (κ1) is 20.6. The van der Waals surface area contributed by atoms with Crippen LogP contribution in [0.15, 0.2) is 48.5 Å². The van der Waals surface area contributed by atoms with Crippen molar-refractivity contribution >= 4 is 17.5 Å². The second kappa shape index (κ2) is 9.82. The van der Waals surface area contributed by atoms with E-state index in [1.165, 1.54) is 0 Å². The molecule has 6 heteroatoms. The van der Waals surface area contributed by atoms with E-state index in [2.05, 4.69) is 29.0 Å². The number of carbonyl (C=O) groups is 2. The summed E-state index contributed by atoms with van der Waals surface area (Å²) in [5.41, 5.74) is 9.77. The fraction of sp³-hybridized carbons (Fsp3) is 0.182. The number of hydroxylamine groups is 1. The third kappa shape index (κ3) is 5.91. The molecule has 0 spiro atoms. The summed E-state index contributed by atoms with van der Waals surface area (Å²) in [7, 11) is 0. The minimum atomic E-state index is -0.833. The zero-order valence-corrected chi connectivity index (χ0v) is 15.6. The van der Waals surface area contributed by atoms with Gasteiger partial charge in [0, 0.05) is 22.4 Å². The molecule has 0 heterocycles. The van der Waals surface area contributed by atoms with Crippen molar-refractivity contribution in [1.82, 2.24) is 10.8 Å². The number of nitrogens with one attached hydrogen (secondary N) is 2. The molecule has 6 nitrogen and oxygen atoms in total. The number of carbonyl (C=O) groups excluding carboxylic acids is 2. The molecule has 0 fully saturated rings. The fourth-order valence-corrected chi connectivity index (χ4v) is 2.31. The third-order valence-electron chi connectivity index (χ3n) is 3.88. The Morgan fingerprint density at radius 2 is 1.43 bits per heavy atom. The lowest BCUT2D eigenvalue weighted by Crippen LogP contribution is -2.48. The van der Waals surface area contributed by atoms with Gasteiger partial charge < -0.3 is 11.1 Å². The Labute approximate surface area is 164 Å². The fourth-order valence-electron chi connectivity index (χ4n) is 2.31. The Bertz CT molecular complexity index is 957. The first-order valence-electron chi connectivity index (χ1n) is 8.63. The third-order valence-corrected chi connectivity index (χ3v) is 3.88. The van der Waals surface area contributed by atoms with E-state index < -0.39 is 17.9 Å². The summed E-state index contributed by atoms with van der Waals surface area (Å²) in [4.78, 5) is 23.9. The molecule has 2 rings (SSSR count). The number of rotatable bonds is 4. The van der Waals surface area contributed by atoms with Crippen molar-refractivity contribution < 1.29 is 14.8 Å². The molecule has 0 bridgehead atoms. The molecule has 2 aromatic rings. The maximum absolute atomic E-state index is 12.3. The quantitative estimate of drug-likeness (QED) is 0.284. The van der Waals surface area contributed by atoms with Crippen LogP contribution >= 0.6 is 0 Å². The van der Waals surface area contributed by atoms with E-state index in [1.807, 2.05) is 12.1 Å². The summed E-state index contributed by atoms with van der Waals surface area (Å²) in [5.74, 6) is 10.1. The number of amides is 2. The predicted octanol–water partition coefficient (Wildman–Crippen LogP) is 1.93. The Hall–Kier alpha value is -3.74. The van der Waals surface area contributed by atoms with E-state index in [0.717, 1.165) is 5.56 Å². The van der Waals surface area contributed by atoms with Crippen molar-refractivity contribution in [3.63, 3.8) is 0 Å². The van der Waals surface area contributed by atoms with Crippen LogP contribution in [0.4, 0.5) is 5.69 Å². The van der Waals surface area contributed by atoms with Gasteiger partial charge in [0.15, 0.2) is 0 Å². The molecule has 2 amide bonds. The lowest BCUT2D eigenvalue weighted by Gasteiger charge is -2.20. The molecule has 1 atom stereocenters. The number of benzene rings is 2. The second-order valence-corrected chi connectivity index (χ2v) is 6.37. The maximum Gasteiger partial charge on any atom is 0.266 e. The van der Waals surface area contributed by atoms with Gasteiger partial charge in [-0.25, -0.2) is 5.48 Å². The lowest BCUT2D eigenvalue weighted by atomic mass is 10.0. The normalized spacial score (nSPS) is 10.7. The average Bonchev–Trinajstić information content (AvgIpc) is 2.70. The largest absolute Gasteiger partial charge is 0.399 e. The van der Waals surface area contributed by atoms with Crippen molar-refractivity contribution in [3.05, 3.63) is 65.2 Å². The molecule has 0 aliphatic rings. The topological polar surface area (TPSA) is 104 Å². The van der Waals surface area contributed by atoms with Crippen molar-refractivity contribution in [2.45, 2.75) is 19.9 Å². The molecule has 142 valence electrons. The summed E-state index contributed by atoms with van der Waals surface area (Å²) >= 11 is 0. The van der Waals surface area contributed by atoms with E-state index in [0.29, 0.717) is 16.8 Å². The smallest absolute Gasteiger partial charge is 0.266 e. The van der Waals surface area contributed by atoms with Gasteiger partial charge in [-0.2, -0.15) is 0 Å². The summed E-state index contributed by atoms with van der Waals surface area (Å²) in [6, 6.07) is 13.0. The van der Waals surface area contributed by atoms with Gasteiger partial charge >= 0.3 is 0 Å². The predicted molar refractivity (Wildman–Crippen MR) is 107 cm³/mol. The van der Waals surface area contributed by atoms with Gasteiger partial charge in [0.05, 0.1) is 0 Å². The van der Waals surface area contributed by atoms with Gasteiger partial charge in [-0.15, -0.1) is 0 Å². The number of hydrogen-bond donors (Lipinski definition) is 4. The van der Waals surface area contributed by atoms with Crippen molar-refractivity contribution in [2.75, 3.05) is 5.73 Å². The van der Waals surface area contributed by atoms with Crippen LogP contribution in [0.25, 0.3) is 0 Å². The van der Waals surface area contributed by atoms with Crippen LogP contribution in [0, 0.1) is 29.6 Å². The summed E-state index contributed by atoms with van der Waals surface area (Å²) < 4.78 is 0. The Kier molecular flexibility index (Phi) is 7.21. The van der Waals surface area contributed by atoms with Gasteiger partial charge in [0.2, 0.25) is 0 Å². The van der Waals surface area contributed by atoms with Crippen LogP contribution in [0.2, 0.25) is 0 Å². The van der Waals surface area contributed by atoms with Gasteiger partial charge in [0.25, 0.3) is 11.8 Å². The second-order valence-electron chi connectivity index (χ2n) is 6.37. The van der Waals surface area contributed by atoms with Crippen LogP contribution in [-0.4, -0.2) is 23.1 Å². The van der Waals surface area contributed by atoms with Gasteiger partial charge in [0.1, 0.15) is 6.04 Å². The molecule has 0 aliphatic heterocycles. The van der Waals surface area contributed by atoms with E-state index in [1.54, 1.807) is 55.7 Å². The highest BCUT2D eigenvalue weighted by molar-refractivity contribution is 5.97. The highest BCUT2D eigenvalue weighted by atomic mass is 16.5. The van der Waals surface area contributed by atoms with Crippen LogP contribution in [-0.2, 0) is 4.79 Å². The van der Waals surface area contributed by atoms with Crippen molar-refractivity contribution in [1.29, 1.82) is 0 Å². The molecule has 0 saturated carbocycles. The number of anilines is 1. The van der Waals surface area contributed by atoms with Gasteiger partial charge in [-0.05, 0) is 66.3 Å². The molecule has 0 saturated heterocycles. The van der Waals surface area contributed by atoms with Crippen LogP contribution in [0.3, 0.4) is 0 Å². The van der Waals surface area contributed by atoms with Crippen molar-refractivity contribution in [2.24, 2.45) is 5.92 Å². The first-order valence-corrected chi connectivity index (χ1v) is 8.63. The summed E-state index contributed by atoms with van der Waals surface area (Å²) in [6.45, 7) is 3.54. The molecule has 0 aliphatic carbocycles. The van der Waals surface area contributed by atoms with E-state index in [9.17, 15) is 9.59 Å². The molecule has 28 heavy (non-hydrogen) atoms. The number of hydrogen-bond acceptors (Lipinski definition) is 4. The SMILES string of the molecule is CC(C)[C@H](NC(=O)c1ccc(C#CC#Cc2ccc(N)cc2)cc1)C(=O)NO.